The van der Waals surface area contributed by atoms with E-state index in [9.17, 15) is 44.4 Å². The number of Topliss-reactive ketones (excluding diaryl/α,β-unsaturated/α-hetero) is 1. The first kappa shape index (κ1) is 55.1. The third-order valence-electron chi connectivity index (χ3n) is 12.4. The van der Waals surface area contributed by atoms with Gasteiger partial charge in [-0.3, -0.25) is 32.8 Å². The zero-order valence-corrected chi connectivity index (χ0v) is 42.1. The molecule has 2 N–H and O–H groups in total. The Balaban J connectivity index is 0.000000237. The number of alkyl halides is 2. The highest BCUT2D eigenvalue weighted by Crippen LogP contribution is 2.29. The Morgan fingerprint density at radius 1 is 0.653 bits per heavy atom. The number of benzene rings is 4. The van der Waals surface area contributed by atoms with Crippen molar-refractivity contribution in [3.8, 4) is 11.5 Å². The van der Waals surface area contributed by atoms with Gasteiger partial charge in [0.05, 0.1) is 42.5 Å². The van der Waals surface area contributed by atoms with Crippen molar-refractivity contribution < 1.29 is 53.2 Å². The van der Waals surface area contributed by atoms with E-state index in [4.69, 9.17) is 10.2 Å². The second-order valence-corrected chi connectivity index (χ2v) is 21.6. The van der Waals surface area contributed by atoms with Crippen LogP contribution in [0.15, 0.2) is 89.3 Å². The maximum absolute atomic E-state index is 15.1. The van der Waals surface area contributed by atoms with Crippen LogP contribution in [0.2, 0.25) is 0 Å². The molecule has 0 radical (unpaired) electrons. The standard InChI is InChI=1S/C25H28F3N5O4S.C24H31FN4O4S/c1-3-38(35,36)33(16-20-8-7-19(14-22(20)26)24-29-30-25(37-24)23(27)28)21-6-4-5-18(13-21)15-31-9-11-32(12-10-31)17(2)34;1-3-34(32,33)29(17-21-8-7-20(14-23(21)25)24(31)15-26)22-6-4-5-19(13-22)16-27-9-11-28(12-10-27)18(2)30/h4-8,13-14,23H,3,9-12,15-16H2,1-2H3;4-8,13-14H,3,9-12,15-17,26H2,1-2H3. The van der Waals surface area contributed by atoms with Crippen LogP contribution in [0.25, 0.3) is 11.5 Å². The van der Waals surface area contributed by atoms with Gasteiger partial charge in [0, 0.05) is 102 Å². The Morgan fingerprint density at radius 2 is 1.11 bits per heavy atom. The van der Waals surface area contributed by atoms with Gasteiger partial charge in [-0.05, 0) is 67.4 Å². The fraction of sp³-hybridized carbons (Fsp3) is 0.408. The zero-order chi connectivity index (χ0) is 52.3. The molecule has 5 aromatic rings. The number of ketones is 1. The zero-order valence-electron chi connectivity index (χ0n) is 40.5. The molecule has 0 unspecified atom stereocenters. The molecule has 2 aliphatic rings. The quantitative estimate of drug-likeness (QED) is 0.0813. The van der Waals surface area contributed by atoms with E-state index in [-0.39, 0.29) is 76.9 Å². The number of nitrogens with two attached hydrogens (primary N) is 1. The summed E-state index contributed by atoms with van der Waals surface area (Å²) in [5, 5.41) is 6.76. The summed E-state index contributed by atoms with van der Waals surface area (Å²) < 4.78 is 114. The number of piperazine rings is 2. The van der Waals surface area contributed by atoms with E-state index in [0.717, 1.165) is 40.7 Å². The number of rotatable bonds is 18. The van der Waals surface area contributed by atoms with Crippen LogP contribution in [-0.4, -0.2) is 135 Å². The highest BCUT2D eigenvalue weighted by atomic mass is 32.2. The van der Waals surface area contributed by atoms with Crippen molar-refractivity contribution in [1.82, 2.24) is 29.8 Å². The molecule has 2 amide bonds. The number of anilines is 2. The van der Waals surface area contributed by atoms with E-state index in [2.05, 4.69) is 20.0 Å². The average molecular weight is 1040 g/mol. The minimum Gasteiger partial charge on any atom is -0.415 e. The summed E-state index contributed by atoms with van der Waals surface area (Å²) in [5.74, 6) is -3.15. The maximum atomic E-state index is 15.1. The molecule has 0 atom stereocenters. The molecule has 23 heteroatoms. The van der Waals surface area contributed by atoms with Crippen LogP contribution >= 0.6 is 0 Å². The van der Waals surface area contributed by atoms with Crippen LogP contribution in [0.4, 0.5) is 28.9 Å². The molecule has 2 saturated heterocycles. The molecule has 17 nitrogen and oxygen atoms in total. The summed E-state index contributed by atoms with van der Waals surface area (Å²) in [5.41, 5.74) is 8.51. The van der Waals surface area contributed by atoms with E-state index < -0.39 is 44.0 Å². The van der Waals surface area contributed by atoms with E-state index in [1.807, 2.05) is 17.0 Å². The Bertz CT molecular complexity index is 2930. The number of hydrogen-bond acceptors (Lipinski definition) is 13. The van der Waals surface area contributed by atoms with E-state index in [1.54, 1.807) is 62.1 Å². The molecular weight excluding hydrogens is 983 g/mol. The van der Waals surface area contributed by atoms with E-state index in [0.29, 0.717) is 63.7 Å². The lowest BCUT2D eigenvalue weighted by Crippen LogP contribution is -2.47. The topological polar surface area (TPSA) is 204 Å². The van der Waals surface area contributed by atoms with Gasteiger partial charge >= 0.3 is 6.43 Å². The van der Waals surface area contributed by atoms with Gasteiger partial charge in [0.2, 0.25) is 37.8 Å². The molecule has 2 fully saturated rings. The Morgan fingerprint density at radius 3 is 1.50 bits per heavy atom. The molecule has 388 valence electrons. The lowest BCUT2D eigenvalue weighted by Gasteiger charge is -2.34. The molecule has 72 heavy (non-hydrogen) atoms. The third-order valence-corrected chi connectivity index (χ3v) is 15.8. The summed E-state index contributed by atoms with van der Waals surface area (Å²) in [7, 11) is -7.48. The van der Waals surface area contributed by atoms with Crippen molar-refractivity contribution in [3.63, 3.8) is 0 Å². The van der Waals surface area contributed by atoms with Crippen LogP contribution in [0.5, 0.6) is 0 Å². The van der Waals surface area contributed by atoms with Gasteiger partial charge in [-0.1, -0.05) is 42.5 Å². The van der Waals surface area contributed by atoms with Crippen LogP contribution in [0.1, 0.15) is 72.6 Å². The predicted molar refractivity (Wildman–Crippen MR) is 264 cm³/mol. The fourth-order valence-electron chi connectivity index (χ4n) is 8.11. The van der Waals surface area contributed by atoms with E-state index in [1.165, 1.54) is 35.5 Å². The first-order chi connectivity index (χ1) is 34.2. The average Bonchev–Trinajstić information content (AvgIpc) is 3.87. The number of sulfonamides is 2. The highest BCUT2D eigenvalue weighted by molar-refractivity contribution is 7.93. The first-order valence-electron chi connectivity index (χ1n) is 23.3. The SMILES string of the molecule is CCS(=O)(=O)N(Cc1ccc(-c2nnc(C(F)F)o2)cc1F)c1cccc(CN2CCN(C(C)=O)CC2)c1.CCS(=O)(=O)N(Cc1ccc(C(=O)CN)cc1F)c1cccc(CN2CCN(C(C)=O)CC2)c1. The van der Waals surface area contributed by atoms with Gasteiger partial charge in [-0.15, -0.1) is 10.2 Å². The predicted octanol–water partition coefficient (Wildman–Crippen LogP) is 5.82. The molecule has 0 aliphatic carbocycles. The molecule has 0 saturated carbocycles. The second-order valence-electron chi connectivity index (χ2n) is 17.2. The van der Waals surface area contributed by atoms with Crippen LogP contribution in [-0.2, 0) is 55.8 Å². The summed E-state index contributed by atoms with van der Waals surface area (Å²) in [6.07, 6.45) is -2.95. The van der Waals surface area contributed by atoms with Crippen molar-refractivity contribution in [3.05, 3.63) is 130 Å². The molecule has 1 aromatic heterocycles. The van der Waals surface area contributed by atoms with Gasteiger partial charge in [-0.2, -0.15) is 8.78 Å². The van der Waals surface area contributed by atoms with E-state index >= 15 is 4.39 Å². The van der Waals surface area contributed by atoms with Crippen molar-refractivity contribution in [2.24, 2.45) is 5.73 Å². The van der Waals surface area contributed by atoms with Gasteiger partial charge in [-0.25, -0.2) is 25.6 Å². The lowest BCUT2D eigenvalue weighted by atomic mass is 10.1. The molecular formula is C49H59F4N9O8S2. The molecule has 3 heterocycles. The Kier molecular flexibility index (Phi) is 18.7. The summed E-state index contributed by atoms with van der Waals surface area (Å²) in [6.45, 7) is 12.1. The Labute approximate surface area is 417 Å². The van der Waals surface area contributed by atoms with Gasteiger partial charge in [0.25, 0.3) is 5.89 Å². The molecule has 0 spiro atoms. The van der Waals surface area contributed by atoms with Gasteiger partial charge in [0.1, 0.15) is 11.6 Å². The third kappa shape index (κ3) is 14.2. The number of aromatic nitrogens is 2. The van der Waals surface area contributed by atoms with Crippen LogP contribution in [0, 0.1) is 11.6 Å². The summed E-state index contributed by atoms with van der Waals surface area (Å²) in [4.78, 5) is 42.9. The number of hydrogen-bond donors (Lipinski definition) is 1. The van der Waals surface area contributed by atoms with Crippen LogP contribution < -0.4 is 14.3 Å². The molecule has 4 aromatic carbocycles. The molecule has 7 rings (SSSR count). The van der Waals surface area contributed by atoms with Crippen molar-refractivity contribution >= 4 is 49.0 Å². The minimum atomic E-state index is -3.78. The van der Waals surface area contributed by atoms with Gasteiger partial charge in [0.15, 0.2) is 5.78 Å². The molecule has 2 aliphatic heterocycles. The van der Waals surface area contributed by atoms with Gasteiger partial charge < -0.3 is 20.0 Å². The largest absolute Gasteiger partial charge is 0.415 e. The minimum absolute atomic E-state index is 0.0438. The second kappa shape index (κ2) is 24.4. The number of halogens is 4. The number of carbonyl (C=O) groups is 3. The normalized spacial score (nSPS) is 14.8. The molecule has 0 bridgehead atoms. The van der Waals surface area contributed by atoms with Crippen molar-refractivity contribution in [2.75, 3.05) is 79.0 Å². The lowest BCUT2D eigenvalue weighted by molar-refractivity contribution is -0.131. The highest BCUT2D eigenvalue weighted by Gasteiger charge is 2.27. The number of nitrogens with zero attached hydrogens (tertiary/aromatic N) is 8. The van der Waals surface area contributed by atoms with Crippen molar-refractivity contribution in [2.45, 2.75) is 60.3 Å². The Hall–Kier alpha value is -6.27. The number of amides is 2. The maximum Gasteiger partial charge on any atom is 0.314 e. The van der Waals surface area contributed by atoms with Crippen molar-refractivity contribution in [1.29, 1.82) is 0 Å². The summed E-state index contributed by atoms with van der Waals surface area (Å²) in [6, 6.07) is 22.1. The smallest absolute Gasteiger partial charge is 0.314 e. The van der Waals surface area contributed by atoms with Crippen LogP contribution in [0.3, 0.4) is 0 Å². The first-order valence-corrected chi connectivity index (χ1v) is 26.5. The fourth-order valence-corrected chi connectivity index (χ4v) is 10.3. The number of carbonyl (C=O) groups excluding carboxylic acids is 3. The monoisotopic (exact) mass is 1040 g/mol. The summed E-state index contributed by atoms with van der Waals surface area (Å²) >= 11 is 0.